The van der Waals surface area contributed by atoms with Crippen LogP contribution in [0.1, 0.15) is 18.5 Å². The summed E-state index contributed by atoms with van der Waals surface area (Å²) in [5.74, 6) is 4.18. The molecule has 0 saturated carbocycles. The van der Waals surface area contributed by atoms with Crippen LogP contribution < -0.4 is 15.4 Å². The van der Waals surface area contributed by atoms with E-state index < -0.39 is 0 Å². The molecule has 0 spiro atoms. The molecule has 0 amide bonds. The minimum atomic E-state index is 0. The molecule has 2 N–H and O–H groups in total. The Morgan fingerprint density at radius 2 is 2.00 bits per heavy atom. The topological polar surface area (TPSA) is 58.1 Å². The Bertz CT molecular complexity index is 580. The van der Waals surface area contributed by atoms with E-state index in [2.05, 4.69) is 33.6 Å². The summed E-state index contributed by atoms with van der Waals surface area (Å²) in [5.41, 5.74) is 1.22. The van der Waals surface area contributed by atoms with E-state index in [9.17, 15) is 0 Å². The van der Waals surface area contributed by atoms with Gasteiger partial charge >= 0.3 is 0 Å². The van der Waals surface area contributed by atoms with Gasteiger partial charge in [0, 0.05) is 19.6 Å². The maximum absolute atomic E-state index is 5.50. The fraction of sp³-hybridized carbons (Fsp3) is 0.526. The van der Waals surface area contributed by atoms with E-state index in [1.54, 1.807) is 7.11 Å². The van der Waals surface area contributed by atoms with Crippen LogP contribution in [0.2, 0.25) is 0 Å². The Morgan fingerprint density at radius 1 is 1.31 bits per heavy atom. The average molecular weight is 472 g/mol. The van der Waals surface area contributed by atoms with E-state index in [0.29, 0.717) is 13.1 Å². The Labute approximate surface area is 173 Å². The molecule has 7 heteroatoms. The van der Waals surface area contributed by atoms with Crippen molar-refractivity contribution in [3.05, 3.63) is 29.8 Å². The third-order valence-electron chi connectivity index (χ3n) is 4.11. The van der Waals surface area contributed by atoms with Crippen LogP contribution in [0.3, 0.4) is 0 Å². The lowest BCUT2D eigenvalue weighted by atomic mass is 10.0. The molecule has 1 aromatic rings. The van der Waals surface area contributed by atoms with E-state index in [0.717, 1.165) is 44.6 Å². The van der Waals surface area contributed by atoms with Crippen molar-refractivity contribution in [2.24, 2.45) is 4.99 Å². The fourth-order valence-corrected chi connectivity index (χ4v) is 2.80. The van der Waals surface area contributed by atoms with Crippen LogP contribution in [0.15, 0.2) is 29.3 Å². The number of methoxy groups -OCH3 is 1. The maximum Gasteiger partial charge on any atom is 0.192 e. The van der Waals surface area contributed by atoms with Gasteiger partial charge in [0.25, 0.3) is 0 Å². The molecule has 0 radical (unpaired) electrons. The van der Waals surface area contributed by atoms with Gasteiger partial charge in [-0.15, -0.1) is 30.4 Å². The third-order valence-corrected chi connectivity index (χ3v) is 4.11. The van der Waals surface area contributed by atoms with E-state index in [4.69, 9.17) is 20.9 Å². The first kappa shape index (κ1) is 22.5. The van der Waals surface area contributed by atoms with Crippen LogP contribution in [0.5, 0.6) is 5.75 Å². The molecule has 1 aliphatic heterocycles. The summed E-state index contributed by atoms with van der Waals surface area (Å²) in [7, 11) is 1.68. The molecule has 1 saturated heterocycles. The molecule has 2 rings (SSSR count). The molecule has 1 unspecified atom stereocenters. The standard InChI is InChI=1S/C19H28N4O2.HI/c1-4-10-21-19(20-5-2)22-15-18(23-11-13-25-14-12-23)16-6-8-17(24-3)9-7-16;/h1,6-9,18H,5,10-15H2,2-3H3,(H2,20,21,22);1H. The summed E-state index contributed by atoms with van der Waals surface area (Å²) >= 11 is 0. The molecule has 1 heterocycles. The number of hydrogen-bond acceptors (Lipinski definition) is 4. The SMILES string of the molecule is C#CCNC(=NCC(c1ccc(OC)cc1)N1CCOCC1)NCC.I. The zero-order valence-electron chi connectivity index (χ0n) is 15.5. The largest absolute Gasteiger partial charge is 0.497 e. The van der Waals surface area contributed by atoms with Crippen LogP contribution in [-0.2, 0) is 4.74 Å². The highest BCUT2D eigenvalue weighted by Crippen LogP contribution is 2.24. The number of guanidine groups is 1. The van der Waals surface area contributed by atoms with Gasteiger partial charge in [0.05, 0.1) is 39.5 Å². The quantitative estimate of drug-likeness (QED) is 0.275. The number of aliphatic imine (C=N–C) groups is 1. The molecule has 0 aliphatic carbocycles. The van der Waals surface area contributed by atoms with Crippen LogP contribution in [0, 0.1) is 12.3 Å². The Kier molecular flexibility index (Phi) is 11.1. The van der Waals surface area contributed by atoms with Crippen molar-refractivity contribution in [2.45, 2.75) is 13.0 Å². The zero-order valence-corrected chi connectivity index (χ0v) is 17.9. The Balaban J connectivity index is 0.00000338. The number of benzene rings is 1. The highest BCUT2D eigenvalue weighted by atomic mass is 127. The molecule has 144 valence electrons. The molecule has 1 aliphatic rings. The normalized spacial score (nSPS) is 16.1. The van der Waals surface area contributed by atoms with E-state index in [1.807, 2.05) is 19.1 Å². The summed E-state index contributed by atoms with van der Waals surface area (Å²) in [5, 5.41) is 6.36. The monoisotopic (exact) mass is 472 g/mol. The van der Waals surface area contributed by atoms with Gasteiger partial charge in [-0.1, -0.05) is 18.1 Å². The van der Waals surface area contributed by atoms with Gasteiger partial charge < -0.3 is 20.1 Å². The maximum atomic E-state index is 5.50. The summed E-state index contributed by atoms with van der Waals surface area (Å²) < 4.78 is 10.8. The Morgan fingerprint density at radius 3 is 2.58 bits per heavy atom. The number of morpholine rings is 1. The average Bonchev–Trinajstić information content (AvgIpc) is 2.67. The number of nitrogens with zero attached hydrogens (tertiary/aromatic N) is 2. The van der Waals surface area contributed by atoms with Crippen molar-refractivity contribution in [1.29, 1.82) is 0 Å². The zero-order chi connectivity index (χ0) is 17.9. The molecule has 6 nitrogen and oxygen atoms in total. The van der Waals surface area contributed by atoms with Gasteiger partial charge in [0.1, 0.15) is 5.75 Å². The van der Waals surface area contributed by atoms with Crippen LogP contribution in [-0.4, -0.2) is 63.9 Å². The van der Waals surface area contributed by atoms with Gasteiger partial charge in [-0.2, -0.15) is 0 Å². The predicted molar refractivity (Wildman–Crippen MR) is 116 cm³/mol. The Hall–Kier alpha value is -1.50. The van der Waals surface area contributed by atoms with Crippen molar-refractivity contribution < 1.29 is 9.47 Å². The number of ether oxygens (including phenoxy) is 2. The first-order chi connectivity index (χ1) is 12.3. The van der Waals surface area contributed by atoms with E-state index in [1.165, 1.54) is 5.56 Å². The fourth-order valence-electron chi connectivity index (χ4n) is 2.80. The minimum absolute atomic E-state index is 0. The predicted octanol–water partition coefficient (Wildman–Crippen LogP) is 1.87. The molecule has 1 fully saturated rings. The first-order valence-corrected chi connectivity index (χ1v) is 8.69. The van der Waals surface area contributed by atoms with Crippen molar-refractivity contribution >= 4 is 29.9 Å². The summed E-state index contributed by atoms with van der Waals surface area (Å²) in [4.78, 5) is 7.15. The molecular formula is C19H29IN4O2. The molecular weight excluding hydrogens is 443 g/mol. The number of hydrogen-bond donors (Lipinski definition) is 2. The number of terminal acetylenes is 1. The molecule has 1 atom stereocenters. The first-order valence-electron chi connectivity index (χ1n) is 8.69. The highest BCUT2D eigenvalue weighted by Gasteiger charge is 2.22. The molecule has 0 aromatic heterocycles. The summed E-state index contributed by atoms with van der Waals surface area (Å²) in [6, 6.07) is 8.39. The van der Waals surface area contributed by atoms with Crippen LogP contribution >= 0.6 is 24.0 Å². The van der Waals surface area contributed by atoms with Gasteiger partial charge in [-0.05, 0) is 24.6 Å². The van der Waals surface area contributed by atoms with Gasteiger partial charge in [0.15, 0.2) is 5.96 Å². The third kappa shape index (κ3) is 7.02. The number of rotatable bonds is 7. The number of halogens is 1. The van der Waals surface area contributed by atoms with Gasteiger partial charge in [-0.3, -0.25) is 9.89 Å². The molecule has 0 bridgehead atoms. The smallest absolute Gasteiger partial charge is 0.192 e. The van der Waals surface area contributed by atoms with E-state index >= 15 is 0 Å². The lowest BCUT2D eigenvalue weighted by Crippen LogP contribution is -2.41. The van der Waals surface area contributed by atoms with Crippen LogP contribution in [0.4, 0.5) is 0 Å². The van der Waals surface area contributed by atoms with Crippen molar-refractivity contribution in [3.63, 3.8) is 0 Å². The van der Waals surface area contributed by atoms with Crippen molar-refractivity contribution in [2.75, 3.05) is 53.0 Å². The summed E-state index contributed by atoms with van der Waals surface area (Å²) in [6.45, 7) is 7.25. The molecule has 1 aromatic carbocycles. The molecule has 26 heavy (non-hydrogen) atoms. The highest BCUT2D eigenvalue weighted by molar-refractivity contribution is 14.0. The lowest BCUT2D eigenvalue weighted by molar-refractivity contribution is 0.0179. The second-order valence-electron chi connectivity index (χ2n) is 5.71. The van der Waals surface area contributed by atoms with E-state index in [-0.39, 0.29) is 30.0 Å². The van der Waals surface area contributed by atoms with Crippen molar-refractivity contribution in [3.8, 4) is 18.1 Å². The number of nitrogens with one attached hydrogen (secondary N) is 2. The lowest BCUT2D eigenvalue weighted by Gasteiger charge is -2.34. The van der Waals surface area contributed by atoms with Gasteiger partial charge in [-0.25, -0.2) is 0 Å². The van der Waals surface area contributed by atoms with Crippen molar-refractivity contribution in [1.82, 2.24) is 15.5 Å². The second kappa shape index (κ2) is 12.8. The summed E-state index contributed by atoms with van der Waals surface area (Å²) in [6.07, 6.45) is 5.33. The second-order valence-corrected chi connectivity index (χ2v) is 5.71. The minimum Gasteiger partial charge on any atom is -0.497 e. The van der Waals surface area contributed by atoms with Gasteiger partial charge in [0.2, 0.25) is 0 Å². The van der Waals surface area contributed by atoms with Crippen LogP contribution in [0.25, 0.3) is 0 Å².